The van der Waals surface area contributed by atoms with Gasteiger partial charge >= 0.3 is 0 Å². The molecule has 0 radical (unpaired) electrons. The summed E-state index contributed by atoms with van der Waals surface area (Å²) in [7, 11) is 0. The summed E-state index contributed by atoms with van der Waals surface area (Å²) < 4.78 is 22.7. The molecular weight excluding hydrogens is 333 g/mol. The molecule has 26 heavy (non-hydrogen) atoms. The van der Waals surface area contributed by atoms with E-state index >= 15 is 0 Å². The minimum absolute atomic E-state index is 0.0230. The second-order valence-electron chi connectivity index (χ2n) is 6.32. The number of ether oxygens (including phenoxy) is 1. The Labute approximate surface area is 153 Å². The second-order valence-corrected chi connectivity index (χ2v) is 6.32. The number of aromatic nitrogens is 3. The number of para-hydroxylation sites is 1. The summed E-state index contributed by atoms with van der Waals surface area (Å²) in [5.41, 5.74) is 1.95. The Morgan fingerprint density at radius 3 is 2.77 bits per heavy atom. The van der Waals surface area contributed by atoms with E-state index in [1.807, 2.05) is 38.1 Å². The predicted octanol–water partition coefficient (Wildman–Crippen LogP) is 3.98. The number of aliphatic hydroxyl groups excluding tert-OH is 1. The largest absolute Gasteiger partial charge is 0.490 e. The second kappa shape index (κ2) is 8.36. The fourth-order valence-corrected chi connectivity index (χ4v) is 3.08. The number of nitrogens with zero attached hydrogens (tertiary/aromatic N) is 3. The van der Waals surface area contributed by atoms with Crippen LogP contribution in [0.25, 0.3) is 10.9 Å². The molecule has 1 aromatic carbocycles. The first-order valence-corrected chi connectivity index (χ1v) is 9.26. The molecule has 2 aromatic heterocycles. The van der Waals surface area contributed by atoms with Crippen molar-refractivity contribution in [3.05, 3.63) is 48.4 Å². The molecule has 3 aromatic rings. The van der Waals surface area contributed by atoms with Gasteiger partial charge in [-0.05, 0) is 30.9 Å². The topological polar surface area (TPSA) is 52.2 Å². The first-order valence-electron chi connectivity index (χ1n) is 9.26. The highest BCUT2D eigenvalue weighted by molar-refractivity contribution is 5.87. The Bertz CT molecular complexity index is 852. The molecule has 5 nitrogen and oxygen atoms in total. The highest BCUT2D eigenvalue weighted by atomic mass is 19.1. The van der Waals surface area contributed by atoms with Gasteiger partial charge in [0, 0.05) is 17.6 Å². The smallest absolute Gasteiger partial charge is 0.230 e. The first-order chi connectivity index (χ1) is 12.7. The van der Waals surface area contributed by atoms with Gasteiger partial charge in [-0.15, -0.1) is 0 Å². The van der Waals surface area contributed by atoms with Gasteiger partial charge in [-0.25, -0.2) is 4.98 Å². The molecule has 1 aliphatic rings. The fourth-order valence-electron chi connectivity index (χ4n) is 3.08. The SMILES string of the molecule is CC.OCc1cc2cccc(OCCn3cnc(F)c3)c2n1CC1CC1. The van der Waals surface area contributed by atoms with E-state index in [-0.39, 0.29) is 6.61 Å². The van der Waals surface area contributed by atoms with Crippen molar-refractivity contribution in [2.45, 2.75) is 46.4 Å². The normalized spacial score (nSPS) is 13.5. The maximum Gasteiger partial charge on any atom is 0.230 e. The summed E-state index contributed by atoms with van der Waals surface area (Å²) in [5.74, 6) is 1.02. The highest BCUT2D eigenvalue weighted by Crippen LogP contribution is 2.35. The Hall–Kier alpha value is -2.34. The Morgan fingerprint density at radius 1 is 1.31 bits per heavy atom. The number of imidazole rings is 1. The first kappa shape index (κ1) is 18.5. The van der Waals surface area contributed by atoms with Crippen molar-refractivity contribution in [2.75, 3.05) is 6.61 Å². The molecule has 0 spiro atoms. The number of benzene rings is 1. The Kier molecular flexibility index (Phi) is 5.93. The molecule has 0 bridgehead atoms. The molecule has 1 aliphatic carbocycles. The molecule has 0 saturated heterocycles. The highest BCUT2D eigenvalue weighted by Gasteiger charge is 2.24. The summed E-state index contributed by atoms with van der Waals surface area (Å²) in [5, 5.41) is 10.7. The fraction of sp³-hybridized carbons (Fsp3) is 0.450. The lowest BCUT2D eigenvalue weighted by molar-refractivity contribution is 0.269. The molecular formula is C20H26FN3O2. The van der Waals surface area contributed by atoms with Crippen molar-refractivity contribution in [3.63, 3.8) is 0 Å². The zero-order chi connectivity index (χ0) is 18.5. The van der Waals surface area contributed by atoms with Crippen LogP contribution in [0.2, 0.25) is 0 Å². The van der Waals surface area contributed by atoms with Crippen LogP contribution < -0.4 is 4.74 Å². The van der Waals surface area contributed by atoms with Crippen molar-refractivity contribution >= 4 is 10.9 Å². The standard InChI is InChI=1S/C18H20FN3O2.C2H6/c19-17-10-21(12-20-17)6-7-24-16-3-1-2-14-8-15(11-23)22(18(14)16)9-13-4-5-13;1-2/h1-3,8,10,12-13,23H,4-7,9,11H2;1-2H3. The van der Waals surface area contributed by atoms with E-state index < -0.39 is 5.95 Å². The summed E-state index contributed by atoms with van der Waals surface area (Å²) in [6.07, 6.45) is 5.31. The third-order valence-corrected chi connectivity index (χ3v) is 4.48. The van der Waals surface area contributed by atoms with Gasteiger partial charge in [-0.3, -0.25) is 0 Å². The van der Waals surface area contributed by atoms with Gasteiger partial charge in [0.2, 0.25) is 5.95 Å². The minimum atomic E-state index is -0.483. The van der Waals surface area contributed by atoms with Gasteiger partial charge in [0.15, 0.2) is 0 Å². The summed E-state index contributed by atoms with van der Waals surface area (Å²) in [6.45, 7) is 5.91. The van der Waals surface area contributed by atoms with E-state index in [2.05, 4.69) is 9.55 Å². The number of rotatable bonds is 7. The molecule has 2 heterocycles. The quantitative estimate of drug-likeness (QED) is 0.694. The van der Waals surface area contributed by atoms with Crippen molar-refractivity contribution in [1.82, 2.24) is 14.1 Å². The van der Waals surface area contributed by atoms with Crippen LogP contribution in [-0.4, -0.2) is 25.8 Å². The van der Waals surface area contributed by atoms with Gasteiger partial charge in [0.25, 0.3) is 0 Å². The van der Waals surface area contributed by atoms with Crippen LogP contribution >= 0.6 is 0 Å². The van der Waals surface area contributed by atoms with Crippen molar-refractivity contribution < 1.29 is 14.2 Å². The molecule has 1 saturated carbocycles. The lowest BCUT2D eigenvalue weighted by atomic mass is 10.2. The van der Waals surface area contributed by atoms with E-state index in [4.69, 9.17) is 4.74 Å². The van der Waals surface area contributed by atoms with E-state index in [0.29, 0.717) is 19.1 Å². The summed E-state index contributed by atoms with van der Waals surface area (Å²) >= 11 is 0. The minimum Gasteiger partial charge on any atom is -0.490 e. The molecule has 4 rings (SSSR count). The molecule has 0 aliphatic heterocycles. The van der Waals surface area contributed by atoms with Crippen LogP contribution in [0.3, 0.4) is 0 Å². The number of aliphatic hydroxyl groups is 1. The van der Waals surface area contributed by atoms with Gasteiger partial charge in [-0.2, -0.15) is 4.39 Å². The number of hydrogen-bond donors (Lipinski definition) is 1. The average molecular weight is 359 g/mol. The van der Waals surface area contributed by atoms with Gasteiger partial charge in [0.1, 0.15) is 12.4 Å². The number of halogens is 1. The molecule has 6 heteroatoms. The van der Waals surface area contributed by atoms with E-state index in [0.717, 1.165) is 28.9 Å². The van der Waals surface area contributed by atoms with E-state index in [1.54, 1.807) is 4.57 Å². The van der Waals surface area contributed by atoms with Gasteiger partial charge in [-0.1, -0.05) is 26.0 Å². The monoisotopic (exact) mass is 359 g/mol. The molecule has 0 unspecified atom stereocenters. The Balaban J connectivity index is 0.000000948. The molecule has 1 fully saturated rings. The van der Waals surface area contributed by atoms with Crippen molar-refractivity contribution in [3.8, 4) is 5.75 Å². The van der Waals surface area contributed by atoms with Crippen molar-refractivity contribution in [2.24, 2.45) is 5.92 Å². The van der Waals surface area contributed by atoms with Gasteiger partial charge < -0.3 is 19.0 Å². The Morgan fingerprint density at radius 2 is 2.12 bits per heavy atom. The number of hydrogen-bond acceptors (Lipinski definition) is 3. The lowest BCUT2D eigenvalue weighted by Crippen LogP contribution is -2.09. The van der Waals surface area contributed by atoms with Gasteiger partial charge in [0.05, 0.1) is 31.2 Å². The van der Waals surface area contributed by atoms with Crippen LogP contribution in [-0.2, 0) is 19.7 Å². The lowest BCUT2D eigenvalue weighted by Gasteiger charge is -2.13. The van der Waals surface area contributed by atoms with Crippen LogP contribution in [0, 0.1) is 11.9 Å². The maximum absolute atomic E-state index is 12.9. The molecule has 0 amide bonds. The van der Waals surface area contributed by atoms with Crippen molar-refractivity contribution in [1.29, 1.82) is 0 Å². The average Bonchev–Trinajstić information content (AvgIpc) is 3.28. The van der Waals surface area contributed by atoms with E-state index in [1.165, 1.54) is 25.4 Å². The molecule has 0 atom stereocenters. The van der Waals surface area contributed by atoms with Crippen LogP contribution in [0.5, 0.6) is 5.75 Å². The number of fused-ring (bicyclic) bond motifs is 1. The van der Waals surface area contributed by atoms with Crippen LogP contribution in [0.1, 0.15) is 32.4 Å². The summed E-state index contributed by atoms with van der Waals surface area (Å²) in [4.78, 5) is 3.57. The van der Waals surface area contributed by atoms with Crippen LogP contribution in [0.15, 0.2) is 36.8 Å². The van der Waals surface area contributed by atoms with E-state index in [9.17, 15) is 9.50 Å². The molecule has 140 valence electrons. The van der Waals surface area contributed by atoms with Crippen LogP contribution in [0.4, 0.5) is 4.39 Å². The third-order valence-electron chi connectivity index (χ3n) is 4.48. The maximum atomic E-state index is 12.9. The predicted molar refractivity (Wildman–Crippen MR) is 99.6 cm³/mol. The zero-order valence-corrected chi connectivity index (χ0v) is 15.4. The third kappa shape index (κ3) is 4.07. The zero-order valence-electron chi connectivity index (χ0n) is 15.4. The summed E-state index contributed by atoms with van der Waals surface area (Å²) in [6, 6.07) is 7.96. The molecule has 1 N–H and O–H groups in total.